The van der Waals surface area contributed by atoms with E-state index in [9.17, 15) is 15.0 Å². The lowest BCUT2D eigenvalue weighted by molar-refractivity contribution is -0.121. The maximum atomic E-state index is 13.6. The molecule has 56 heavy (non-hydrogen) atoms. The van der Waals surface area contributed by atoms with E-state index in [4.69, 9.17) is 14.2 Å². The maximum Gasteiger partial charge on any atom is 0.161 e. The highest BCUT2D eigenvalue weighted by Gasteiger charge is 2.27. The topological polar surface area (TPSA) is 85.2 Å². The maximum absolute atomic E-state index is 13.6. The summed E-state index contributed by atoms with van der Waals surface area (Å²) in [5.41, 5.74) is 6.72. The lowest BCUT2D eigenvalue weighted by Crippen LogP contribution is -2.24. The Bertz CT molecular complexity index is 2080. The van der Waals surface area contributed by atoms with Crippen LogP contribution >= 0.6 is 0 Å². The molecule has 4 aromatic rings. The van der Waals surface area contributed by atoms with E-state index in [1.54, 1.807) is 13.2 Å². The Morgan fingerprint density at radius 3 is 2.39 bits per heavy atom. The lowest BCUT2D eigenvalue weighted by Gasteiger charge is -2.28. The number of carbonyl (C=O) groups excluding carboxylic acids is 1. The number of carbonyl (C=O) groups is 1. The SMILES string of the molecule is CCCCCc1ccccc1CCCCC1C=CC(O)=CC1CC1CC(=O)CCc2ccc(OC)c(c2)OCc2ccc3c(c(O)cc(CC)c3c2)CC#CO1. The van der Waals surface area contributed by atoms with E-state index in [2.05, 4.69) is 62.3 Å². The Kier molecular flexibility index (Phi) is 14.6. The second-order valence-electron chi connectivity index (χ2n) is 15.5. The first-order valence-electron chi connectivity index (χ1n) is 20.7. The zero-order valence-corrected chi connectivity index (χ0v) is 33.4. The molecule has 3 atom stereocenters. The zero-order valence-electron chi connectivity index (χ0n) is 33.4. The number of phenols is 1. The standard InChI is InChI=1S/C50H58O6/c1-4-6-7-13-38-14-8-9-15-39(38)16-10-11-17-40-22-24-42(51)30-41(40)31-44-33-43(52)23-19-35-21-26-49(54-3)50(29-35)56-34-36-20-25-45-46(18-12-27-55-44)48(53)32-37(5-2)47(45)28-36/h8-9,14-15,20-22,24-26,28-30,32,40-41,44,51,53H,4-7,10-11,13,16-19,23,31,33-34H2,1-3H3. The second-order valence-corrected chi connectivity index (χ2v) is 15.5. The average molecular weight is 755 g/mol. The summed E-state index contributed by atoms with van der Waals surface area (Å²) in [5, 5.41) is 23.7. The van der Waals surface area contributed by atoms with Crippen LogP contribution in [0.2, 0.25) is 0 Å². The van der Waals surface area contributed by atoms with Crippen molar-refractivity contribution in [3.63, 3.8) is 0 Å². The van der Waals surface area contributed by atoms with Gasteiger partial charge in [-0.15, -0.1) is 0 Å². The summed E-state index contributed by atoms with van der Waals surface area (Å²) < 4.78 is 18.2. The van der Waals surface area contributed by atoms with E-state index in [0.717, 1.165) is 71.6 Å². The van der Waals surface area contributed by atoms with Crippen LogP contribution in [-0.4, -0.2) is 29.2 Å². The third-order valence-electron chi connectivity index (χ3n) is 11.5. The number of hydrogen-bond donors (Lipinski definition) is 2. The van der Waals surface area contributed by atoms with Crippen molar-refractivity contribution in [1.29, 1.82) is 0 Å². The molecule has 0 aromatic heterocycles. The molecule has 0 saturated heterocycles. The molecular formula is C50H58O6. The highest BCUT2D eigenvalue weighted by molar-refractivity contribution is 5.91. The van der Waals surface area contributed by atoms with Gasteiger partial charge in [0.15, 0.2) is 11.5 Å². The van der Waals surface area contributed by atoms with Gasteiger partial charge in [0.05, 0.1) is 7.11 Å². The number of Topliss-reactive ketones (excluding diaryl/α,β-unsaturated/α-hetero) is 1. The number of aliphatic hydroxyl groups is 1. The van der Waals surface area contributed by atoms with E-state index < -0.39 is 6.10 Å². The molecule has 6 bridgehead atoms. The van der Waals surface area contributed by atoms with Crippen LogP contribution in [0.3, 0.4) is 0 Å². The highest BCUT2D eigenvalue weighted by Crippen LogP contribution is 2.35. The molecule has 6 heteroatoms. The number of aliphatic hydroxyl groups excluding tert-OH is 1. The Hall–Kier alpha value is -5.15. The van der Waals surface area contributed by atoms with Crippen LogP contribution in [0.1, 0.15) is 105 Å². The first-order valence-corrected chi connectivity index (χ1v) is 20.7. The molecule has 0 amide bonds. The number of aromatic hydroxyl groups is 1. The average Bonchev–Trinajstić information content (AvgIpc) is 3.20. The number of aryl methyl sites for hydroxylation is 4. The summed E-state index contributed by atoms with van der Waals surface area (Å²) >= 11 is 0. The fourth-order valence-electron chi connectivity index (χ4n) is 8.30. The smallest absolute Gasteiger partial charge is 0.161 e. The molecule has 0 saturated carbocycles. The van der Waals surface area contributed by atoms with Gasteiger partial charge in [-0.1, -0.05) is 87.6 Å². The zero-order chi connectivity index (χ0) is 39.3. The number of hydrogen-bond acceptors (Lipinski definition) is 6. The van der Waals surface area contributed by atoms with E-state index in [1.165, 1.54) is 30.4 Å². The minimum atomic E-state index is -0.458. The predicted molar refractivity (Wildman–Crippen MR) is 225 cm³/mol. The predicted octanol–water partition coefficient (Wildman–Crippen LogP) is 11.3. The quantitative estimate of drug-likeness (QED) is 0.104. The van der Waals surface area contributed by atoms with Gasteiger partial charge in [0.2, 0.25) is 0 Å². The molecule has 1 aliphatic carbocycles. The molecule has 3 aliphatic rings. The number of methoxy groups -OCH3 is 1. The van der Waals surface area contributed by atoms with Gasteiger partial charge in [-0.25, -0.2) is 0 Å². The normalized spacial score (nSPS) is 18.6. The van der Waals surface area contributed by atoms with Gasteiger partial charge in [-0.3, -0.25) is 4.79 Å². The van der Waals surface area contributed by atoms with Gasteiger partial charge in [0.1, 0.15) is 36.1 Å². The fraction of sp³-hybridized carbons (Fsp3) is 0.420. The van der Waals surface area contributed by atoms with Crippen molar-refractivity contribution in [2.45, 2.75) is 116 Å². The van der Waals surface area contributed by atoms with Crippen molar-refractivity contribution in [3.05, 3.63) is 124 Å². The van der Waals surface area contributed by atoms with Crippen molar-refractivity contribution in [3.8, 4) is 29.3 Å². The van der Waals surface area contributed by atoms with Crippen molar-refractivity contribution < 1.29 is 29.2 Å². The van der Waals surface area contributed by atoms with Crippen LogP contribution in [0, 0.1) is 23.9 Å². The molecule has 2 heterocycles. The summed E-state index contributed by atoms with van der Waals surface area (Å²) in [5.74, 6) is 5.21. The Labute approximate surface area is 333 Å². The van der Waals surface area contributed by atoms with E-state index in [0.29, 0.717) is 43.8 Å². The Morgan fingerprint density at radius 1 is 0.839 bits per heavy atom. The number of fused-ring (bicyclic) bond motifs is 9. The minimum absolute atomic E-state index is 0.00704. The highest BCUT2D eigenvalue weighted by atomic mass is 16.5. The number of phenolic OH excluding ortho intramolecular Hbond substituents is 1. The Morgan fingerprint density at radius 2 is 1.62 bits per heavy atom. The van der Waals surface area contributed by atoms with Crippen molar-refractivity contribution in [2.24, 2.45) is 11.8 Å². The molecule has 0 fully saturated rings. The van der Waals surface area contributed by atoms with Crippen LogP contribution in [0.15, 0.2) is 90.7 Å². The molecule has 3 unspecified atom stereocenters. The molecule has 6 nitrogen and oxygen atoms in total. The van der Waals surface area contributed by atoms with Crippen LogP contribution in [-0.2, 0) is 48.2 Å². The molecule has 294 valence electrons. The van der Waals surface area contributed by atoms with Crippen LogP contribution in [0.4, 0.5) is 0 Å². The molecule has 7 rings (SSSR count). The molecule has 2 aliphatic heterocycles. The van der Waals surface area contributed by atoms with Gasteiger partial charge >= 0.3 is 0 Å². The second kappa shape index (κ2) is 20.1. The third-order valence-corrected chi connectivity index (χ3v) is 11.5. The van der Waals surface area contributed by atoms with Gasteiger partial charge in [0.25, 0.3) is 0 Å². The summed E-state index contributed by atoms with van der Waals surface area (Å²) in [7, 11) is 1.63. The van der Waals surface area contributed by atoms with Crippen LogP contribution in [0.25, 0.3) is 10.8 Å². The van der Waals surface area contributed by atoms with Gasteiger partial charge in [-0.05, 0) is 138 Å². The summed E-state index contributed by atoms with van der Waals surface area (Å²) in [6, 6.07) is 22.7. The molecular weight excluding hydrogens is 697 g/mol. The van der Waals surface area contributed by atoms with Gasteiger partial charge in [-0.2, -0.15) is 0 Å². The monoisotopic (exact) mass is 754 g/mol. The van der Waals surface area contributed by atoms with Gasteiger partial charge in [0, 0.05) is 24.8 Å². The number of allylic oxidation sites excluding steroid dienone is 3. The molecule has 0 radical (unpaired) electrons. The summed E-state index contributed by atoms with van der Waals surface area (Å²) in [6.45, 7) is 4.68. The number of ketones is 1. The summed E-state index contributed by atoms with van der Waals surface area (Å²) in [6.07, 6.45) is 20.2. The first-order chi connectivity index (χ1) is 27.3. The lowest BCUT2D eigenvalue weighted by atomic mass is 9.80. The first kappa shape index (κ1) is 40.5. The van der Waals surface area contributed by atoms with Crippen molar-refractivity contribution >= 4 is 16.6 Å². The number of unbranched alkanes of at least 4 members (excludes halogenated alkanes) is 3. The molecule has 0 spiro atoms. The number of ether oxygens (including phenoxy) is 3. The van der Waals surface area contributed by atoms with E-state index >= 15 is 0 Å². The minimum Gasteiger partial charge on any atom is -0.508 e. The van der Waals surface area contributed by atoms with Crippen LogP contribution in [0.5, 0.6) is 17.2 Å². The van der Waals surface area contributed by atoms with Gasteiger partial charge < -0.3 is 24.4 Å². The summed E-state index contributed by atoms with van der Waals surface area (Å²) in [4.78, 5) is 13.6. The molecule has 4 aromatic carbocycles. The largest absolute Gasteiger partial charge is 0.508 e. The Balaban J connectivity index is 1.20. The van der Waals surface area contributed by atoms with E-state index in [1.807, 2.05) is 42.5 Å². The van der Waals surface area contributed by atoms with Crippen molar-refractivity contribution in [1.82, 2.24) is 0 Å². The van der Waals surface area contributed by atoms with E-state index in [-0.39, 0.29) is 35.5 Å². The number of rotatable bonds is 13. The van der Waals surface area contributed by atoms with Crippen molar-refractivity contribution in [2.75, 3.05) is 7.11 Å². The number of benzene rings is 4. The van der Waals surface area contributed by atoms with Crippen LogP contribution < -0.4 is 9.47 Å². The fourth-order valence-corrected chi connectivity index (χ4v) is 8.30. The third kappa shape index (κ3) is 10.8. The molecule has 2 N–H and O–H groups in total.